The Morgan fingerprint density at radius 2 is 0.818 bits per heavy atom. The highest BCUT2D eigenvalue weighted by Gasteiger charge is 2.32. The Kier molecular flexibility index (Phi) is 10.6. The lowest BCUT2D eigenvalue weighted by Crippen LogP contribution is -2.47. The summed E-state index contributed by atoms with van der Waals surface area (Å²) in [5, 5.41) is 9.43. The van der Waals surface area contributed by atoms with Crippen LogP contribution in [0.1, 0.15) is 109 Å². The van der Waals surface area contributed by atoms with Gasteiger partial charge in [-0.2, -0.15) is 0 Å². The molecule has 0 amide bonds. The molecule has 0 spiro atoms. The molecule has 0 heterocycles. The molecule has 3 heteroatoms. The first kappa shape index (κ1) is 19.5. The fraction of sp³-hybridized carbons (Fsp3) is 0.947. The molecule has 0 atom stereocenters. The Bertz CT molecular complexity index is 273. The summed E-state index contributed by atoms with van der Waals surface area (Å²) in [7, 11) is 0. The number of carboxylic acid groups (broad SMARTS) is 1. The van der Waals surface area contributed by atoms with E-state index in [9.17, 15) is 9.90 Å². The number of rotatable bonds is 1. The molecule has 1 aliphatic rings. The van der Waals surface area contributed by atoms with Crippen molar-refractivity contribution >= 4 is 5.97 Å². The van der Waals surface area contributed by atoms with E-state index >= 15 is 0 Å². The van der Waals surface area contributed by atoms with Gasteiger partial charge in [0.1, 0.15) is 5.54 Å². The topological polar surface area (TPSA) is 63.3 Å². The van der Waals surface area contributed by atoms with Crippen molar-refractivity contribution < 1.29 is 9.90 Å². The van der Waals surface area contributed by atoms with E-state index in [-0.39, 0.29) is 0 Å². The third-order valence-electron chi connectivity index (χ3n) is 5.17. The van der Waals surface area contributed by atoms with Crippen molar-refractivity contribution in [1.29, 1.82) is 0 Å². The highest BCUT2D eigenvalue weighted by Crippen LogP contribution is 2.22. The molecule has 0 aromatic heterocycles. The minimum Gasteiger partial charge on any atom is -0.480 e. The van der Waals surface area contributed by atoms with E-state index in [1.54, 1.807) is 0 Å². The smallest absolute Gasteiger partial charge is 0.323 e. The van der Waals surface area contributed by atoms with Gasteiger partial charge in [-0.1, -0.05) is 96.3 Å². The van der Waals surface area contributed by atoms with Crippen LogP contribution in [-0.4, -0.2) is 16.6 Å². The SMILES string of the molecule is NC1(C(=O)O)CCCCCCCCCCCCCCCCC1. The Labute approximate surface area is 137 Å². The monoisotopic (exact) mass is 311 g/mol. The molecule has 0 saturated heterocycles. The van der Waals surface area contributed by atoms with Crippen molar-refractivity contribution in [2.45, 2.75) is 115 Å². The Morgan fingerprint density at radius 3 is 1.05 bits per heavy atom. The molecule has 3 N–H and O–H groups in total. The Hall–Kier alpha value is -0.570. The Morgan fingerprint density at radius 1 is 0.591 bits per heavy atom. The summed E-state index contributed by atoms with van der Waals surface area (Å²) in [6, 6.07) is 0. The highest BCUT2D eigenvalue weighted by atomic mass is 16.4. The first-order valence-electron chi connectivity index (χ1n) is 9.67. The van der Waals surface area contributed by atoms with Crippen LogP contribution in [0.2, 0.25) is 0 Å². The predicted molar refractivity (Wildman–Crippen MR) is 93.0 cm³/mol. The van der Waals surface area contributed by atoms with Gasteiger partial charge in [0.2, 0.25) is 0 Å². The fourth-order valence-corrected chi connectivity index (χ4v) is 3.52. The van der Waals surface area contributed by atoms with Crippen LogP contribution in [0.25, 0.3) is 0 Å². The maximum atomic E-state index is 11.5. The molecule has 1 aliphatic carbocycles. The number of hydrogen-bond donors (Lipinski definition) is 2. The maximum Gasteiger partial charge on any atom is 0.323 e. The van der Waals surface area contributed by atoms with Gasteiger partial charge in [-0.05, 0) is 12.8 Å². The van der Waals surface area contributed by atoms with E-state index in [2.05, 4.69) is 0 Å². The van der Waals surface area contributed by atoms with Crippen LogP contribution in [0, 0.1) is 0 Å². The van der Waals surface area contributed by atoms with Crippen molar-refractivity contribution in [3.05, 3.63) is 0 Å². The lowest BCUT2D eigenvalue weighted by atomic mass is 9.87. The molecule has 130 valence electrons. The van der Waals surface area contributed by atoms with Crippen molar-refractivity contribution in [3.8, 4) is 0 Å². The Balaban J connectivity index is 2.35. The number of hydrogen-bond acceptors (Lipinski definition) is 2. The van der Waals surface area contributed by atoms with Gasteiger partial charge in [-0.3, -0.25) is 4.79 Å². The summed E-state index contributed by atoms with van der Waals surface area (Å²) < 4.78 is 0. The molecular formula is C19H37NO2. The molecule has 22 heavy (non-hydrogen) atoms. The number of carbonyl (C=O) groups is 1. The predicted octanol–water partition coefficient (Wildman–Crippen LogP) is 5.41. The molecule has 0 aromatic rings. The van der Waals surface area contributed by atoms with E-state index in [1.165, 1.54) is 70.6 Å². The molecule has 1 saturated carbocycles. The molecule has 0 aromatic carbocycles. The number of aliphatic carboxylic acids is 1. The third kappa shape index (κ3) is 8.77. The average molecular weight is 312 g/mol. The van der Waals surface area contributed by atoms with E-state index in [0.717, 1.165) is 25.7 Å². The van der Waals surface area contributed by atoms with Gasteiger partial charge in [0.15, 0.2) is 0 Å². The van der Waals surface area contributed by atoms with Crippen molar-refractivity contribution in [2.24, 2.45) is 5.73 Å². The van der Waals surface area contributed by atoms with Crippen LogP contribution in [0.3, 0.4) is 0 Å². The molecule has 1 fully saturated rings. The van der Waals surface area contributed by atoms with E-state index in [1.807, 2.05) is 0 Å². The van der Waals surface area contributed by atoms with Crippen molar-refractivity contribution in [1.82, 2.24) is 0 Å². The lowest BCUT2D eigenvalue weighted by Gasteiger charge is -2.24. The van der Waals surface area contributed by atoms with Gasteiger partial charge in [0.25, 0.3) is 0 Å². The first-order chi connectivity index (χ1) is 10.7. The molecule has 0 aliphatic heterocycles. The van der Waals surface area contributed by atoms with E-state index in [4.69, 9.17) is 5.73 Å². The summed E-state index contributed by atoms with van der Waals surface area (Å²) in [5.74, 6) is -0.804. The normalized spacial score (nSPS) is 24.0. The summed E-state index contributed by atoms with van der Waals surface area (Å²) in [4.78, 5) is 11.5. The van der Waals surface area contributed by atoms with Crippen LogP contribution in [0.4, 0.5) is 0 Å². The zero-order chi connectivity index (χ0) is 16.1. The van der Waals surface area contributed by atoms with Gasteiger partial charge < -0.3 is 10.8 Å². The maximum absolute atomic E-state index is 11.5. The van der Waals surface area contributed by atoms with E-state index < -0.39 is 11.5 Å². The molecular weight excluding hydrogens is 274 g/mol. The van der Waals surface area contributed by atoms with Gasteiger partial charge in [-0.15, -0.1) is 0 Å². The van der Waals surface area contributed by atoms with Gasteiger partial charge >= 0.3 is 5.97 Å². The number of nitrogens with two attached hydrogens (primary N) is 1. The van der Waals surface area contributed by atoms with Crippen molar-refractivity contribution in [3.63, 3.8) is 0 Å². The second-order valence-electron chi connectivity index (χ2n) is 7.26. The minimum absolute atomic E-state index is 0.641. The van der Waals surface area contributed by atoms with Crippen LogP contribution < -0.4 is 5.73 Å². The minimum atomic E-state index is -0.981. The van der Waals surface area contributed by atoms with E-state index in [0.29, 0.717) is 12.8 Å². The van der Waals surface area contributed by atoms with Gasteiger partial charge in [0.05, 0.1) is 0 Å². The molecule has 1 rings (SSSR count). The second-order valence-corrected chi connectivity index (χ2v) is 7.26. The quantitative estimate of drug-likeness (QED) is 0.680. The summed E-state index contributed by atoms with van der Waals surface area (Å²) in [5.41, 5.74) is 5.17. The summed E-state index contributed by atoms with van der Waals surface area (Å²) in [6.45, 7) is 0. The zero-order valence-electron chi connectivity index (χ0n) is 14.5. The van der Waals surface area contributed by atoms with Gasteiger partial charge in [-0.25, -0.2) is 0 Å². The van der Waals surface area contributed by atoms with Crippen LogP contribution in [0.15, 0.2) is 0 Å². The second kappa shape index (κ2) is 11.9. The molecule has 0 unspecified atom stereocenters. The molecule has 0 bridgehead atoms. The highest BCUT2D eigenvalue weighted by molar-refractivity contribution is 5.78. The standard InChI is InChI=1S/C19H37NO2/c20-19(18(21)22)16-14-12-10-8-6-4-2-1-3-5-7-9-11-13-15-17-19/h1-17,20H2,(H,21,22). The largest absolute Gasteiger partial charge is 0.480 e. The molecule has 0 radical (unpaired) electrons. The number of carboxylic acids is 1. The first-order valence-corrected chi connectivity index (χ1v) is 9.67. The summed E-state index contributed by atoms with van der Waals surface area (Å²) in [6.07, 6.45) is 20.1. The fourth-order valence-electron chi connectivity index (χ4n) is 3.52. The van der Waals surface area contributed by atoms with Crippen LogP contribution in [-0.2, 0) is 4.79 Å². The van der Waals surface area contributed by atoms with Crippen LogP contribution >= 0.6 is 0 Å². The zero-order valence-corrected chi connectivity index (χ0v) is 14.5. The summed E-state index contributed by atoms with van der Waals surface area (Å²) >= 11 is 0. The third-order valence-corrected chi connectivity index (χ3v) is 5.17. The van der Waals surface area contributed by atoms with Gasteiger partial charge in [0, 0.05) is 0 Å². The molecule has 3 nitrogen and oxygen atoms in total. The lowest BCUT2D eigenvalue weighted by molar-refractivity contribution is -0.144. The van der Waals surface area contributed by atoms with Crippen molar-refractivity contribution in [2.75, 3.05) is 0 Å². The van der Waals surface area contributed by atoms with Crippen LogP contribution in [0.5, 0.6) is 0 Å². The average Bonchev–Trinajstić information content (AvgIpc) is 2.49.